The maximum absolute atomic E-state index is 11.1. The lowest BCUT2D eigenvalue weighted by atomic mass is 9.84. The van der Waals surface area contributed by atoms with Gasteiger partial charge in [0.25, 0.3) is 0 Å². The average molecular weight is 276 g/mol. The van der Waals surface area contributed by atoms with Crippen molar-refractivity contribution < 1.29 is 14.3 Å². The van der Waals surface area contributed by atoms with Crippen LogP contribution in [0.4, 0.5) is 0 Å². The molecular formula is C17H24O3. The predicted molar refractivity (Wildman–Crippen MR) is 79.0 cm³/mol. The second-order valence-corrected chi connectivity index (χ2v) is 5.30. The molecule has 3 nitrogen and oxygen atoms in total. The molecule has 0 aromatic heterocycles. The van der Waals surface area contributed by atoms with Gasteiger partial charge in [-0.25, -0.2) is 0 Å². The maximum atomic E-state index is 11.1. The van der Waals surface area contributed by atoms with Crippen LogP contribution in [0.15, 0.2) is 24.3 Å². The summed E-state index contributed by atoms with van der Waals surface area (Å²) in [6.07, 6.45) is 6.90. The van der Waals surface area contributed by atoms with E-state index in [9.17, 15) is 4.79 Å². The highest BCUT2D eigenvalue weighted by Gasteiger charge is 2.18. The molecule has 0 N–H and O–H groups in total. The van der Waals surface area contributed by atoms with Gasteiger partial charge in [0.15, 0.2) is 0 Å². The summed E-state index contributed by atoms with van der Waals surface area (Å²) in [5.74, 6) is 1.40. The lowest BCUT2D eigenvalue weighted by Crippen LogP contribution is -2.13. The third kappa shape index (κ3) is 4.26. The fraction of sp³-hybridized carbons (Fsp3) is 0.588. The van der Waals surface area contributed by atoms with Gasteiger partial charge in [-0.15, -0.1) is 0 Å². The molecule has 0 aliphatic heterocycles. The number of hydrogen-bond acceptors (Lipinski definition) is 3. The summed E-state index contributed by atoms with van der Waals surface area (Å²) in [5, 5.41) is 0. The molecule has 0 unspecified atom stereocenters. The van der Waals surface area contributed by atoms with Crippen LogP contribution in [0.2, 0.25) is 0 Å². The van der Waals surface area contributed by atoms with Crippen molar-refractivity contribution in [3.63, 3.8) is 0 Å². The lowest BCUT2D eigenvalue weighted by Gasteiger charge is -2.24. The topological polar surface area (TPSA) is 35.5 Å². The number of esters is 1. The second-order valence-electron chi connectivity index (χ2n) is 5.30. The lowest BCUT2D eigenvalue weighted by molar-refractivity contribution is -0.143. The number of rotatable bonds is 6. The van der Waals surface area contributed by atoms with E-state index < -0.39 is 0 Å². The molecule has 1 fully saturated rings. The van der Waals surface area contributed by atoms with Crippen LogP contribution in [-0.4, -0.2) is 19.2 Å². The van der Waals surface area contributed by atoms with E-state index in [1.165, 1.54) is 37.7 Å². The fourth-order valence-electron chi connectivity index (χ4n) is 2.77. The summed E-state index contributed by atoms with van der Waals surface area (Å²) >= 11 is 0. The Morgan fingerprint density at radius 1 is 1.15 bits per heavy atom. The molecule has 2 rings (SSSR count). The van der Waals surface area contributed by atoms with Gasteiger partial charge in [0.2, 0.25) is 0 Å². The summed E-state index contributed by atoms with van der Waals surface area (Å²) in [4.78, 5) is 11.1. The summed E-state index contributed by atoms with van der Waals surface area (Å²) in [6.45, 7) is 2.54. The maximum Gasteiger partial charge on any atom is 0.305 e. The molecule has 0 radical (unpaired) electrons. The number of carbonyl (C=O) groups is 1. The molecule has 3 heteroatoms. The molecule has 0 bridgehead atoms. The Labute approximate surface area is 121 Å². The Hall–Kier alpha value is -1.51. The number of ether oxygens (including phenoxy) is 2. The van der Waals surface area contributed by atoms with Gasteiger partial charge in [-0.1, -0.05) is 44.4 Å². The molecule has 20 heavy (non-hydrogen) atoms. The Kier molecular flexibility index (Phi) is 5.90. The Morgan fingerprint density at radius 2 is 1.90 bits per heavy atom. The highest BCUT2D eigenvalue weighted by atomic mass is 16.6. The molecule has 1 aromatic carbocycles. The fourth-order valence-corrected chi connectivity index (χ4v) is 2.77. The minimum atomic E-state index is -0.172. The van der Waals surface area contributed by atoms with Gasteiger partial charge in [0.05, 0.1) is 0 Å². The zero-order chi connectivity index (χ0) is 14.2. The number of hydrogen-bond donors (Lipinski definition) is 0. The van der Waals surface area contributed by atoms with Crippen LogP contribution in [-0.2, 0) is 9.53 Å². The minimum absolute atomic E-state index is 0.172. The second kappa shape index (κ2) is 7.93. The Morgan fingerprint density at radius 3 is 2.65 bits per heavy atom. The van der Waals surface area contributed by atoms with E-state index in [0.717, 1.165) is 5.75 Å². The van der Waals surface area contributed by atoms with Crippen molar-refractivity contribution in [3.8, 4) is 5.75 Å². The van der Waals surface area contributed by atoms with Crippen LogP contribution in [0.5, 0.6) is 5.75 Å². The van der Waals surface area contributed by atoms with Crippen LogP contribution in [0.25, 0.3) is 0 Å². The molecule has 1 aliphatic rings. The SMILES string of the molecule is CCC(=O)OCCOc1ccccc1C1CCCCC1. The third-order valence-corrected chi connectivity index (χ3v) is 3.86. The number of carbonyl (C=O) groups excluding carboxylic acids is 1. The number of para-hydroxylation sites is 1. The first kappa shape index (κ1) is 14.9. The first-order valence-corrected chi connectivity index (χ1v) is 7.68. The first-order chi connectivity index (χ1) is 9.81. The van der Waals surface area contributed by atoms with Gasteiger partial charge in [-0.05, 0) is 30.4 Å². The van der Waals surface area contributed by atoms with E-state index in [0.29, 0.717) is 25.6 Å². The largest absolute Gasteiger partial charge is 0.490 e. The van der Waals surface area contributed by atoms with E-state index >= 15 is 0 Å². The zero-order valence-electron chi connectivity index (χ0n) is 12.3. The predicted octanol–water partition coefficient (Wildman–Crippen LogP) is 4.07. The van der Waals surface area contributed by atoms with Crippen molar-refractivity contribution in [1.82, 2.24) is 0 Å². The molecule has 1 aliphatic carbocycles. The van der Waals surface area contributed by atoms with Crippen molar-refractivity contribution in [3.05, 3.63) is 29.8 Å². The van der Waals surface area contributed by atoms with Gasteiger partial charge < -0.3 is 9.47 Å². The van der Waals surface area contributed by atoms with Crippen LogP contribution in [0, 0.1) is 0 Å². The Bertz CT molecular complexity index is 422. The van der Waals surface area contributed by atoms with E-state index in [1.54, 1.807) is 6.92 Å². The summed E-state index contributed by atoms with van der Waals surface area (Å²) in [7, 11) is 0. The molecule has 1 saturated carbocycles. The molecule has 110 valence electrons. The van der Waals surface area contributed by atoms with Gasteiger partial charge in [0, 0.05) is 6.42 Å². The van der Waals surface area contributed by atoms with Crippen LogP contribution >= 0.6 is 0 Å². The molecule has 0 atom stereocenters. The highest BCUT2D eigenvalue weighted by molar-refractivity contribution is 5.68. The van der Waals surface area contributed by atoms with E-state index in [1.807, 2.05) is 12.1 Å². The summed E-state index contributed by atoms with van der Waals surface area (Å²) < 4.78 is 10.8. The minimum Gasteiger partial charge on any atom is -0.490 e. The van der Waals surface area contributed by atoms with Gasteiger partial charge in [-0.2, -0.15) is 0 Å². The van der Waals surface area contributed by atoms with Crippen molar-refractivity contribution in [2.45, 2.75) is 51.4 Å². The van der Waals surface area contributed by atoms with Crippen molar-refractivity contribution in [2.75, 3.05) is 13.2 Å². The van der Waals surface area contributed by atoms with E-state index in [2.05, 4.69) is 12.1 Å². The molecule has 1 aromatic rings. The van der Waals surface area contributed by atoms with Gasteiger partial charge in [0.1, 0.15) is 19.0 Å². The van der Waals surface area contributed by atoms with Crippen LogP contribution in [0.1, 0.15) is 56.9 Å². The standard InChI is InChI=1S/C17H24O3/c1-2-17(18)20-13-12-19-16-11-7-6-10-15(16)14-8-4-3-5-9-14/h6-7,10-11,14H,2-5,8-9,12-13H2,1H3. The quantitative estimate of drug-likeness (QED) is 0.580. The molecule has 0 saturated heterocycles. The van der Waals surface area contributed by atoms with Crippen molar-refractivity contribution >= 4 is 5.97 Å². The van der Waals surface area contributed by atoms with E-state index in [-0.39, 0.29) is 5.97 Å². The average Bonchev–Trinajstić information content (AvgIpc) is 2.52. The van der Waals surface area contributed by atoms with Crippen LogP contribution in [0.3, 0.4) is 0 Å². The van der Waals surface area contributed by atoms with Gasteiger partial charge in [-0.3, -0.25) is 4.79 Å². The zero-order valence-corrected chi connectivity index (χ0v) is 12.3. The molecular weight excluding hydrogens is 252 g/mol. The monoisotopic (exact) mass is 276 g/mol. The van der Waals surface area contributed by atoms with Crippen molar-refractivity contribution in [1.29, 1.82) is 0 Å². The van der Waals surface area contributed by atoms with Crippen molar-refractivity contribution in [2.24, 2.45) is 0 Å². The molecule has 0 amide bonds. The highest BCUT2D eigenvalue weighted by Crippen LogP contribution is 2.37. The van der Waals surface area contributed by atoms with E-state index in [4.69, 9.17) is 9.47 Å². The normalized spacial score (nSPS) is 15.8. The van der Waals surface area contributed by atoms with Crippen LogP contribution < -0.4 is 4.74 Å². The van der Waals surface area contributed by atoms with Gasteiger partial charge >= 0.3 is 5.97 Å². The smallest absolute Gasteiger partial charge is 0.305 e. The number of benzene rings is 1. The molecule has 0 heterocycles. The third-order valence-electron chi connectivity index (χ3n) is 3.86. The Balaban J connectivity index is 1.88. The molecule has 0 spiro atoms. The summed E-state index contributed by atoms with van der Waals surface area (Å²) in [6, 6.07) is 8.27. The first-order valence-electron chi connectivity index (χ1n) is 7.68. The summed E-state index contributed by atoms with van der Waals surface area (Å²) in [5.41, 5.74) is 1.31.